The van der Waals surface area contributed by atoms with Crippen molar-refractivity contribution in [2.24, 2.45) is 5.73 Å². The monoisotopic (exact) mass is 540 g/mol. The van der Waals surface area contributed by atoms with Gasteiger partial charge in [-0.25, -0.2) is 9.50 Å². The minimum Gasteiger partial charge on any atom is -0.497 e. The second-order valence-electron chi connectivity index (χ2n) is 9.50. The number of amides is 1. The molecule has 2 heterocycles. The average Bonchev–Trinajstić information content (AvgIpc) is 3.51. The van der Waals surface area contributed by atoms with Crippen LogP contribution in [0, 0.1) is 0 Å². The zero-order valence-electron chi connectivity index (χ0n) is 22.4. The Balaban J connectivity index is 1.20. The van der Waals surface area contributed by atoms with Crippen LogP contribution in [0.25, 0.3) is 27.9 Å². The molecule has 0 spiro atoms. The number of rotatable bonds is 8. The van der Waals surface area contributed by atoms with Crippen LogP contribution >= 0.6 is 0 Å². The topological polar surface area (TPSA) is 107 Å². The average molecular weight is 541 g/mol. The number of anilines is 3. The number of nitrogens with one attached hydrogen (secondary N) is 2. The van der Waals surface area contributed by atoms with E-state index in [1.165, 1.54) is 0 Å². The summed E-state index contributed by atoms with van der Waals surface area (Å²) in [4.78, 5) is 17.5. The SMILES string of the molecule is COc1ccc(-c2ccc(-c3cc4ccnn4c(Nc4ccc(NC(=O)c5ccc(CN)cc5)cc4)n3)cc2)cc1. The molecule has 0 unspecified atom stereocenters. The number of aromatic nitrogens is 3. The number of carbonyl (C=O) groups is 1. The molecule has 0 aliphatic carbocycles. The highest BCUT2D eigenvalue weighted by molar-refractivity contribution is 6.04. The fourth-order valence-electron chi connectivity index (χ4n) is 4.54. The van der Waals surface area contributed by atoms with Gasteiger partial charge in [-0.2, -0.15) is 5.10 Å². The summed E-state index contributed by atoms with van der Waals surface area (Å²) in [5.41, 5.74) is 13.7. The van der Waals surface area contributed by atoms with Gasteiger partial charge in [0.2, 0.25) is 5.95 Å². The van der Waals surface area contributed by atoms with Crippen molar-refractivity contribution in [1.29, 1.82) is 0 Å². The van der Waals surface area contributed by atoms with Crippen molar-refractivity contribution in [3.8, 4) is 28.1 Å². The smallest absolute Gasteiger partial charge is 0.255 e. The van der Waals surface area contributed by atoms with Crippen LogP contribution in [0.1, 0.15) is 15.9 Å². The first-order chi connectivity index (χ1) is 20.1. The van der Waals surface area contributed by atoms with Crippen molar-refractivity contribution < 1.29 is 9.53 Å². The van der Waals surface area contributed by atoms with Gasteiger partial charge in [0.05, 0.1) is 24.5 Å². The zero-order chi connectivity index (χ0) is 28.2. The highest BCUT2D eigenvalue weighted by Gasteiger charge is 2.11. The highest BCUT2D eigenvalue weighted by atomic mass is 16.5. The van der Waals surface area contributed by atoms with Gasteiger partial charge < -0.3 is 21.1 Å². The maximum atomic E-state index is 12.6. The van der Waals surface area contributed by atoms with Crippen LogP contribution in [0.3, 0.4) is 0 Å². The summed E-state index contributed by atoms with van der Waals surface area (Å²) in [6.45, 7) is 0.440. The molecule has 6 aromatic rings. The predicted octanol–water partition coefficient (Wildman–Crippen LogP) is 6.53. The molecule has 8 heteroatoms. The van der Waals surface area contributed by atoms with Gasteiger partial charge in [0.25, 0.3) is 5.91 Å². The third-order valence-electron chi connectivity index (χ3n) is 6.84. The largest absolute Gasteiger partial charge is 0.497 e. The fraction of sp³-hybridized carbons (Fsp3) is 0.0606. The minimum atomic E-state index is -0.181. The molecule has 202 valence electrons. The van der Waals surface area contributed by atoms with Crippen LogP contribution in [-0.4, -0.2) is 27.6 Å². The van der Waals surface area contributed by atoms with Crippen molar-refractivity contribution in [1.82, 2.24) is 14.6 Å². The van der Waals surface area contributed by atoms with E-state index in [2.05, 4.69) is 40.0 Å². The summed E-state index contributed by atoms with van der Waals surface area (Å²) < 4.78 is 7.03. The van der Waals surface area contributed by atoms with Crippen LogP contribution in [0.5, 0.6) is 5.75 Å². The molecular formula is C33H28N6O2. The molecule has 8 nitrogen and oxygen atoms in total. The van der Waals surface area contributed by atoms with E-state index in [1.807, 2.05) is 72.8 Å². The maximum absolute atomic E-state index is 12.6. The van der Waals surface area contributed by atoms with E-state index in [1.54, 1.807) is 30.0 Å². The van der Waals surface area contributed by atoms with E-state index in [4.69, 9.17) is 15.5 Å². The Hall–Kier alpha value is -5.47. The summed E-state index contributed by atoms with van der Waals surface area (Å²) in [7, 11) is 1.66. The molecule has 0 fully saturated rings. The second-order valence-corrected chi connectivity index (χ2v) is 9.50. The molecule has 4 aromatic carbocycles. The van der Waals surface area contributed by atoms with Crippen molar-refractivity contribution in [2.45, 2.75) is 6.54 Å². The summed E-state index contributed by atoms with van der Waals surface area (Å²) in [6.07, 6.45) is 1.75. The predicted molar refractivity (Wildman–Crippen MR) is 162 cm³/mol. The molecule has 0 bridgehead atoms. The molecule has 0 aliphatic rings. The van der Waals surface area contributed by atoms with Gasteiger partial charge in [-0.3, -0.25) is 4.79 Å². The van der Waals surface area contributed by atoms with Crippen molar-refractivity contribution in [3.05, 3.63) is 127 Å². The number of carbonyl (C=O) groups excluding carboxylic acids is 1. The van der Waals surface area contributed by atoms with Gasteiger partial charge in [0.1, 0.15) is 5.75 Å². The molecule has 0 radical (unpaired) electrons. The number of hydrogen-bond donors (Lipinski definition) is 3. The zero-order valence-corrected chi connectivity index (χ0v) is 22.4. The van der Waals surface area contributed by atoms with Gasteiger partial charge in [0.15, 0.2) is 0 Å². The lowest BCUT2D eigenvalue weighted by Crippen LogP contribution is -2.12. The number of benzene rings is 4. The molecular weight excluding hydrogens is 512 g/mol. The lowest BCUT2D eigenvalue weighted by molar-refractivity contribution is 0.102. The van der Waals surface area contributed by atoms with Gasteiger partial charge >= 0.3 is 0 Å². The summed E-state index contributed by atoms with van der Waals surface area (Å²) >= 11 is 0. The Labute approximate surface area is 237 Å². The Morgan fingerprint density at radius 3 is 2.10 bits per heavy atom. The van der Waals surface area contributed by atoms with Gasteiger partial charge in [-0.15, -0.1) is 0 Å². The van der Waals surface area contributed by atoms with Crippen molar-refractivity contribution >= 4 is 28.7 Å². The third-order valence-corrected chi connectivity index (χ3v) is 6.84. The number of nitrogens with zero attached hydrogens (tertiary/aromatic N) is 3. The van der Waals surface area contributed by atoms with Gasteiger partial charge in [0, 0.05) is 29.0 Å². The lowest BCUT2D eigenvalue weighted by Gasteiger charge is -2.12. The Bertz CT molecular complexity index is 1790. The summed E-state index contributed by atoms with van der Waals surface area (Å²) in [5, 5.41) is 10.7. The molecule has 0 saturated carbocycles. The molecule has 0 saturated heterocycles. The number of ether oxygens (including phenoxy) is 1. The second kappa shape index (κ2) is 11.3. The Kier molecular flexibility index (Phi) is 7.13. The molecule has 0 aliphatic heterocycles. The Morgan fingerprint density at radius 1 is 0.805 bits per heavy atom. The third kappa shape index (κ3) is 5.63. The minimum absolute atomic E-state index is 0.181. The van der Waals surface area contributed by atoms with Crippen LogP contribution in [0.4, 0.5) is 17.3 Å². The van der Waals surface area contributed by atoms with Crippen LogP contribution in [0.15, 0.2) is 115 Å². The van der Waals surface area contributed by atoms with Crippen molar-refractivity contribution in [3.63, 3.8) is 0 Å². The normalized spacial score (nSPS) is 10.9. The van der Waals surface area contributed by atoms with Crippen LogP contribution in [0.2, 0.25) is 0 Å². The van der Waals surface area contributed by atoms with Crippen LogP contribution < -0.4 is 21.1 Å². The standard InChI is InChI=1S/C33H28N6O2/c1-41-30-16-10-24(11-17-30)23-6-8-25(9-7-23)31-20-29-18-19-35-39(29)33(38-31)37-28-14-12-27(13-15-28)36-32(40)26-4-2-22(21-34)3-5-26/h2-20H,21,34H2,1H3,(H,36,40)(H,37,38). The first-order valence-corrected chi connectivity index (χ1v) is 13.2. The maximum Gasteiger partial charge on any atom is 0.255 e. The number of fused-ring (bicyclic) bond motifs is 1. The number of hydrogen-bond acceptors (Lipinski definition) is 6. The summed E-state index contributed by atoms with van der Waals surface area (Å²) in [5.74, 6) is 1.23. The molecule has 4 N–H and O–H groups in total. The first kappa shape index (κ1) is 25.8. The molecule has 1 amide bonds. The lowest BCUT2D eigenvalue weighted by atomic mass is 10.0. The van der Waals surface area contributed by atoms with E-state index in [0.29, 0.717) is 23.7 Å². The van der Waals surface area contributed by atoms with Crippen molar-refractivity contribution in [2.75, 3.05) is 17.7 Å². The number of methoxy groups -OCH3 is 1. The molecule has 6 rings (SSSR count). The van der Waals surface area contributed by atoms with E-state index >= 15 is 0 Å². The quantitative estimate of drug-likeness (QED) is 0.203. The van der Waals surface area contributed by atoms with E-state index < -0.39 is 0 Å². The van der Waals surface area contributed by atoms with Gasteiger partial charge in [-0.05, 0) is 77.4 Å². The first-order valence-electron chi connectivity index (χ1n) is 13.2. The molecule has 2 aromatic heterocycles. The summed E-state index contributed by atoms with van der Waals surface area (Å²) in [6, 6.07) is 35.0. The molecule has 41 heavy (non-hydrogen) atoms. The van der Waals surface area contributed by atoms with E-state index in [-0.39, 0.29) is 5.91 Å². The van der Waals surface area contributed by atoms with Crippen LogP contribution in [-0.2, 0) is 6.54 Å². The Morgan fingerprint density at radius 2 is 1.44 bits per heavy atom. The van der Waals surface area contributed by atoms with E-state index in [9.17, 15) is 4.79 Å². The fourth-order valence-corrected chi connectivity index (χ4v) is 4.54. The van der Waals surface area contributed by atoms with Gasteiger partial charge in [-0.1, -0.05) is 48.5 Å². The number of nitrogens with two attached hydrogens (primary N) is 1. The molecule has 0 atom stereocenters. The van der Waals surface area contributed by atoms with E-state index in [0.717, 1.165) is 44.9 Å². The highest BCUT2D eigenvalue weighted by Crippen LogP contribution is 2.28.